The Morgan fingerprint density at radius 1 is 0.776 bits per heavy atom. The lowest BCUT2D eigenvalue weighted by molar-refractivity contribution is -0.115. The van der Waals surface area contributed by atoms with Gasteiger partial charge >= 0.3 is 0 Å². The van der Waals surface area contributed by atoms with Crippen molar-refractivity contribution >= 4 is 40.7 Å². The molecule has 1 saturated heterocycles. The number of nitrogens with one attached hydrogen (secondary N) is 3. The summed E-state index contributed by atoms with van der Waals surface area (Å²) in [6, 6.07) is 19.6. The Balaban J connectivity index is 0.000000196. The van der Waals surface area contributed by atoms with E-state index in [1.54, 1.807) is 24.8 Å². The summed E-state index contributed by atoms with van der Waals surface area (Å²) in [4.78, 5) is 53.2. The molecule has 3 N–H and O–H groups in total. The molecule has 49 heavy (non-hydrogen) atoms. The van der Waals surface area contributed by atoms with Crippen LogP contribution < -0.4 is 10.6 Å². The number of H-pyrrole nitrogens is 1. The van der Waals surface area contributed by atoms with Crippen molar-refractivity contribution in [2.75, 3.05) is 43.9 Å². The van der Waals surface area contributed by atoms with Crippen LogP contribution in [0.25, 0.3) is 33.9 Å². The summed E-state index contributed by atoms with van der Waals surface area (Å²) < 4.78 is 0. The Labute approximate surface area is 284 Å². The minimum absolute atomic E-state index is 0.0488. The van der Waals surface area contributed by atoms with Crippen LogP contribution in [0, 0.1) is 13.8 Å². The topological polar surface area (TPSA) is 123 Å². The Morgan fingerprint density at radius 2 is 1.39 bits per heavy atom. The molecular weight excluding hydrogens is 614 g/mol. The van der Waals surface area contributed by atoms with Crippen molar-refractivity contribution in [3.63, 3.8) is 0 Å². The van der Waals surface area contributed by atoms with Crippen molar-refractivity contribution in [1.82, 2.24) is 24.8 Å². The highest BCUT2D eigenvalue weighted by atomic mass is 16.2. The lowest BCUT2D eigenvalue weighted by atomic mass is 9.94. The number of amides is 3. The predicted octanol–water partition coefficient (Wildman–Crippen LogP) is 5.82. The molecule has 1 fully saturated rings. The minimum Gasteiger partial charge on any atom is -0.358 e. The zero-order chi connectivity index (χ0) is 34.1. The van der Waals surface area contributed by atoms with Gasteiger partial charge in [-0.25, -0.2) is 0 Å². The molecular formula is C39H37N7O3. The van der Waals surface area contributed by atoms with Crippen molar-refractivity contribution < 1.29 is 14.4 Å². The maximum absolute atomic E-state index is 13.3. The van der Waals surface area contributed by atoms with Gasteiger partial charge in [0.15, 0.2) is 0 Å². The SMILES string of the molecule is Cc1[nH]c(C=C2C(=O)Nc3cccc(-c4ccncc4)c32)c(C)c1C(=O)N1CCN(C)CC1.O=C1Cc2c(cccc2-c2ccncc2)N1. The molecule has 3 aliphatic rings. The van der Waals surface area contributed by atoms with E-state index in [-0.39, 0.29) is 17.7 Å². The number of hydrogen-bond acceptors (Lipinski definition) is 6. The average Bonchev–Trinajstić information content (AvgIpc) is 3.76. The second-order valence-electron chi connectivity index (χ2n) is 12.5. The number of nitrogens with zero attached hydrogens (tertiary/aromatic N) is 4. The van der Waals surface area contributed by atoms with E-state index < -0.39 is 0 Å². The van der Waals surface area contributed by atoms with Crippen LogP contribution in [0.15, 0.2) is 85.5 Å². The molecule has 0 atom stereocenters. The summed E-state index contributed by atoms with van der Waals surface area (Å²) >= 11 is 0. The Bertz CT molecular complexity index is 2100. The van der Waals surface area contributed by atoms with E-state index in [1.165, 1.54) is 0 Å². The van der Waals surface area contributed by atoms with E-state index in [4.69, 9.17) is 0 Å². The molecule has 5 aromatic rings. The van der Waals surface area contributed by atoms with Gasteiger partial charge in [-0.05, 0) is 96.8 Å². The number of aromatic amines is 1. The predicted molar refractivity (Wildman–Crippen MR) is 192 cm³/mol. The summed E-state index contributed by atoms with van der Waals surface area (Å²) in [5, 5.41) is 5.83. The number of aryl methyl sites for hydroxylation is 1. The number of carbonyl (C=O) groups is 3. The van der Waals surface area contributed by atoms with Gasteiger partial charge in [-0.2, -0.15) is 0 Å². The van der Waals surface area contributed by atoms with Crippen molar-refractivity contribution in [3.05, 3.63) is 119 Å². The molecule has 3 aliphatic heterocycles. The van der Waals surface area contributed by atoms with Gasteiger partial charge in [-0.1, -0.05) is 24.3 Å². The fraction of sp³-hybridized carbons (Fsp3) is 0.205. The Hall–Kier alpha value is -5.87. The van der Waals surface area contributed by atoms with Gasteiger partial charge in [-0.15, -0.1) is 0 Å². The van der Waals surface area contributed by atoms with Gasteiger partial charge in [0.05, 0.1) is 17.6 Å². The van der Waals surface area contributed by atoms with E-state index in [9.17, 15) is 14.4 Å². The van der Waals surface area contributed by atoms with Crippen molar-refractivity contribution in [1.29, 1.82) is 0 Å². The standard InChI is InChI=1S/C26H27N5O2.C13H10N2O/c1-16-22(28-17(2)23(16)26(33)31-13-11-30(3)12-14-31)15-20-24-19(18-7-9-27-10-8-18)5-4-6-21(24)29-25(20)32;16-13-8-11-10(2-1-3-12(11)15-13)9-4-6-14-7-5-9/h4-10,15,28H,11-14H2,1-3H3,(H,29,32);1-7H,8H2,(H,15,16). The van der Waals surface area contributed by atoms with Crippen LogP contribution in [-0.4, -0.2) is 75.7 Å². The van der Waals surface area contributed by atoms with Gasteiger partial charge < -0.3 is 25.4 Å². The number of aromatic nitrogens is 3. The van der Waals surface area contributed by atoms with Gasteiger partial charge in [-0.3, -0.25) is 24.4 Å². The molecule has 0 aliphatic carbocycles. The van der Waals surface area contributed by atoms with Crippen LogP contribution in [0.4, 0.5) is 11.4 Å². The van der Waals surface area contributed by atoms with Crippen LogP contribution >= 0.6 is 0 Å². The van der Waals surface area contributed by atoms with Gasteiger partial charge in [0.25, 0.3) is 11.8 Å². The number of pyridine rings is 2. The van der Waals surface area contributed by atoms with E-state index in [1.807, 2.05) is 85.5 Å². The number of fused-ring (bicyclic) bond motifs is 2. The minimum atomic E-state index is -0.148. The Morgan fingerprint density at radius 3 is 2.06 bits per heavy atom. The second kappa shape index (κ2) is 13.3. The van der Waals surface area contributed by atoms with Gasteiger partial charge in [0.1, 0.15) is 0 Å². The normalized spacial score (nSPS) is 16.1. The number of rotatable bonds is 4. The highest BCUT2D eigenvalue weighted by Gasteiger charge is 2.30. The van der Waals surface area contributed by atoms with Gasteiger partial charge in [0, 0.05) is 79.3 Å². The summed E-state index contributed by atoms with van der Waals surface area (Å²) in [5.41, 5.74) is 11.6. The van der Waals surface area contributed by atoms with Crippen molar-refractivity contribution in [2.45, 2.75) is 20.3 Å². The molecule has 3 aromatic heterocycles. The van der Waals surface area contributed by atoms with Crippen LogP contribution in [0.3, 0.4) is 0 Å². The monoisotopic (exact) mass is 651 g/mol. The highest BCUT2D eigenvalue weighted by Crippen LogP contribution is 2.41. The number of hydrogen-bond donors (Lipinski definition) is 3. The lowest BCUT2D eigenvalue weighted by Gasteiger charge is -2.32. The number of carbonyl (C=O) groups excluding carboxylic acids is 3. The van der Waals surface area contributed by atoms with Crippen molar-refractivity contribution in [3.8, 4) is 22.3 Å². The zero-order valence-corrected chi connectivity index (χ0v) is 27.7. The summed E-state index contributed by atoms with van der Waals surface area (Å²) in [6.45, 7) is 7.06. The van der Waals surface area contributed by atoms with E-state index in [0.29, 0.717) is 17.6 Å². The maximum atomic E-state index is 13.3. The van der Waals surface area contributed by atoms with E-state index in [2.05, 4.69) is 37.5 Å². The molecule has 6 heterocycles. The Kier molecular flexibility index (Phi) is 8.63. The molecule has 10 nitrogen and oxygen atoms in total. The van der Waals surface area contributed by atoms with Crippen LogP contribution in [0.2, 0.25) is 0 Å². The molecule has 246 valence electrons. The first-order valence-corrected chi connectivity index (χ1v) is 16.3. The summed E-state index contributed by atoms with van der Waals surface area (Å²) in [5.74, 6) is -0.0330. The molecule has 0 unspecified atom stereocenters. The lowest BCUT2D eigenvalue weighted by Crippen LogP contribution is -2.47. The fourth-order valence-electron chi connectivity index (χ4n) is 6.76. The number of likely N-dealkylation sites (N-methyl/N-ethyl adjacent to an activating group) is 1. The first-order chi connectivity index (χ1) is 23.8. The van der Waals surface area contributed by atoms with Crippen molar-refractivity contribution in [2.24, 2.45) is 0 Å². The number of piperazine rings is 1. The second-order valence-corrected chi connectivity index (χ2v) is 12.5. The molecule has 0 bridgehead atoms. The maximum Gasteiger partial charge on any atom is 0.256 e. The molecule has 0 spiro atoms. The van der Waals surface area contributed by atoms with Crippen LogP contribution in [0.1, 0.15) is 38.4 Å². The third-order valence-corrected chi connectivity index (χ3v) is 9.37. The number of benzene rings is 2. The summed E-state index contributed by atoms with van der Waals surface area (Å²) in [6.07, 6.45) is 9.36. The molecule has 3 amide bonds. The number of anilines is 2. The summed E-state index contributed by atoms with van der Waals surface area (Å²) in [7, 11) is 2.07. The van der Waals surface area contributed by atoms with E-state index >= 15 is 0 Å². The third kappa shape index (κ3) is 6.26. The molecule has 8 rings (SSSR count). The highest BCUT2D eigenvalue weighted by molar-refractivity contribution is 6.36. The molecule has 0 radical (unpaired) electrons. The molecule has 0 saturated carbocycles. The first-order valence-electron chi connectivity index (χ1n) is 16.3. The van der Waals surface area contributed by atoms with Crippen LogP contribution in [-0.2, 0) is 16.0 Å². The smallest absolute Gasteiger partial charge is 0.256 e. The van der Waals surface area contributed by atoms with E-state index in [0.717, 1.165) is 87.9 Å². The first kappa shape index (κ1) is 31.7. The zero-order valence-electron chi connectivity index (χ0n) is 27.7. The van der Waals surface area contributed by atoms with Crippen LogP contribution in [0.5, 0.6) is 0 Å². The largest absolute Gasteiger partial charge is 0.358 e. The molecule has 2 aromatic carbocycles. The molecule has 10 heteroatoms. The average molecular weight is 652 g/mol. The quantitative estimate of drug-likeness (QED) is 0.211. The fourth-order valence-corrected chi connectivity index (χ4v) is 6.76. The third-order valence-electron chi connectivity index (χ3n) is 9.37. The van der Waals surface area contributed by atoms with Gasteiger partial charge in [0.2, 0.25) is 5.91 Å².